The van der Waals surface area contributed by atoms with Crippen molar-refractivity contribution in [2.75, 3.05) is 5.32 Å². The van der Waals surface area contributed by atoms with Gasteiger partial charge in [-0.2, -0.15) is 0 Å². The smallest absolute Gasteiger partial charge is 0.316 e. The van der Waals surface area contributed by atoms with Crippen LogP contribution in [0.2, 0.25) is 0 Å². The molecule has 0 aliphatic rings. The summed E-state index contributed by atoms with van der Waals surface area (Å²) in [5.41, 5.74) is 1.95. The Labute approximate surface area is 103 Å². The van der Waals surface area contributed by atoms with Gasteiger partial charge in [-0.3, -0.25) is 9.32 Å². The average Bonchev–Trinajstić information content (AvgIpc) is 2.65. The van der Waals surface area contributed by atoms with Crippen molar-refractivity contribution in [2.24, 2.45) is 7.05 Å². The Balaban J connectivity index is 2.33. The van der Waals surface area contributed by atoms with Crippen LogP contribution in [0.15, 0.2) is 27.5 Å². The largest absolute Gasteiger partial charge is 0.440 e. The number of aromatic amines is 1. The van der Waals surface area contributed by atoms with Crippen LogP contribution in [-0.4, -0.2) is 11.2 Å². The molecule has 1 amide bonds. The molecule has 1 aromatic heterocycles. The van der Waals surface area contributed by atoms with Gasteiger partial charge < -0.3 is 5.32 Å². The maximum Gasteiger partial charge on any atom is 0.440 e. The Hall–Kier alpha value is -2.37. The molecule has 6 nitrogen and oxygen atoms in total. The molecule has 0 saturated carbocycles. The highest BCUT2D eigenvalue weighted by Crippen LogP contribution is 2.18. The summed E-state index contributed by atoms with van der Waals surface area (Å²) in [6.45, 7) is 3.86. The molecule has 2 N–H and O–H groups in total. The van der Waals surface area contributed by atoms with Crippen molar-refractivity contribution in [1.82, 2.24) is 5.27 Å². The molecule has 2 aromatic rings. The lowest BCUT2D eigenvalue weighted by Crippen LogP contribution is -2.41. The number of rotatable bonds is 2. The van der Waals surface area contributed by atoms with Gasteiger partial charge in [-0.25, -0.2) is 4.79 Å². The second-order valence-corrected chi connectivity index (χ2v) is 4.09. The molecule has 0 saturated heterocycles. The van der Waals surface area contributed by atoms with Crippen molar-refractivity contribution in [2.45, 2.75) is 13.8 Å². The minimum Gasteiger partial charge on any atom is -0.316 e. The SMILES string of the molecule is Cc1cccc(NC(=O)c2c(=O)o[nH][n+]2C)c1C. The molecule has 6 heteroatoms. The zero-order chi connectivity index (χ0) is 13.3. The topological polar surface area (TPSA) is 79.0 Å². The van der Waals surface area contributed by atoms with Gasteiger partial charge in [0, 0.05) is 5.69 Å². The van der Waals surface area contributed by atoms with Crippen LogP contribution in [0.4, 0.5) is 5.69 Å². The summed E-state index contributed by atoms with van der Waals surface area (Å²) in [6.07, 6.45) is 0. The van der Waals surface area contributed by atoms with Crippen LogP contribution in [0.25, 0.3) is 0 Å². The summed E-state index contributed by atoms with van der Waals surface area (Å²) < 4.78 is 5.77. The summed E-state index contributed by atoms with van der Waals surface area (Å²) in [6, 6.07) is 5.59. The van der Waals surface area contributed by atoms with Crippen molar-refractivity contribution in [3.8, 4) is 0 Å². The third-order valence-corrected chi connectivity index (χ3v) is 2.87. The number of carbonyl (C=O) groups excluding carboxylic acids is 1. The molecule has 0 spiro atoms. The van der Waals surface area contributed by atoms with Crippen molar-refractivity contribution in [3.63, 3.8) is 0 Å². The number of nitrogens with zero attached hydrogens (tertiary/aromatic N) is 1. The summed E-state index contributed by atoms with van der Waals surface area (Å²) >= 11 is 0. The van der Waals surface area contributed by atoms with Crippen LogP contribution >= 0.6 is 0 Å². The molecule has 94 valence electrons. The maximum atomic E-state index is 12.0. The van der Waals surface area contributed by atoms with E-state index in [1.54, 1.807) is 6.07 Å². The summed E-state index contributed by atoms with van der Waals surface area (Å²) in [7, 11) is 1.53. The van der Waals surface area contributed by atoms with Crippen LogP contribution < -0.4 is 15.6 Å². The van der Waals surface area contributed by atoms with Gasteiger partial charge in [-0.1, -0.05) is 16.8 Å². The van der Waals surface area contributed by atoms with E-state index >= 15 is 0 Å². The minimum absolute atomic E-state index is 0.0732. The van der Waals surface area contributed by atoms with Crippen LogP contribution in [0.1, 0.15) is 21.6 Å². The van der Waals surface area contributed by atoms with Gasteiger partial charge in [0.1, 0.15) is 0 Å². The fourth-order valence-electron chi connectivity index (χ4n) is 1.65. The fraction of sp³-hybridized carbons (Fsp3) is 0.250. The molecule has 1 aromatic carbocycles. The number of benzene rings is 1. The van der Waals surface area contributed by atoms with Crippen molar-refractivity contribution < 1.29 is 14.0 Å². The first-order chi connectivity index (χ1) is 8.50. The first-order valence-electron chi connectivity index (χ1n) is 5.45. The average molecular weight is 248 g/mol. The van der Waals surface area contributed by atoms with Crippen molar-refractivity contribution in [1.29, 1.82) is 0 Å². The zero-order valence-corrected chi connectivity index (χ0v) is 10.4. The molecular weight excluding hydrogens is 234 g/mol. The van der Waals surface area contributed by atoms with Gasteiger partial charge in [-0.05, 0) is 36.3 Å². The Morgan fingerprint density at radius 2 is 2.11 bits per heavy atom. The summed E-state index contributed by atoms with van der Waals surface area (Å²) in [4.78, 5) is 23.3. The molecule has 0 unspecified atom stereocenters. The lowest BCUT2D eigenvalue weighted by molar-refractivity contribution is -0.741. The Morgan fingerprint density at radius 3 is 2.72 bits per heavy atom. The summed E-state index contributed by atoms with van der Waals surface area (Å²) in [5, 5.41) is 4.99. The van der Waals surface area contributed by atoms with E-state index in [4.69, 9.17) is 0 Å². The lowest BCUT2D eigenvalue weighted by atomic mass is 10.1. The molecule has 0 atom stereocenters. The van der Waals surface area contributed by atoms with E-state index in [1.807, 2.05) is 26.0 Å². The number of amides is 1. The van der Waals surface area contributed by atoms with Gasteiger partial charge in [0.05, 0.1) is 0 Å². The normalized spacial score (nSPS) is 10.4. The van der Waals surface area contributed by atoms with Gasteiger partial charge in [-0.15, -0.1) is 0 Å². The molecule has 1 heterocycles. The number of anilines is 1. The molecule has 2 rings (SSSR count). The van der Waals surface area contributed by atoms with Gasteiger partial charge in [0.15, 0.2) is 7.05 Å². The maximum absolute atomic E-state index is 12.0. The predicted octanol–water partition coefficient (Wildman–Crippen LogP) is 0.662. The molecular formula is C12H14N3O3+. The van der Waals surface area contributed by atoms with E-state index in [1.165, 1.54) is 11.7 Å². The molecule has 0 aliphatic carbocycles. The van der Waals surface area contributed by atoms with Gasteiger partial charge >= 0.3 is 17.2 Å². The number of carbonyl (C=O) groups is 1. The first-order valence-corrected chi connectivity index (χ1v) is 5.45. The van der Waals surface area contributed by atoms with Crippen molar-refractivity contribution >= 4 is 11.6 Å². The number of aromatic nitrogens is 2. The monoisotopic (exact) mass is 248 g/mol. The Kier molecular flexibility index (Phi) is 3.01. The van der Waals surface area contributed by atoms with Gasteiger partial charge in [0.2, 0.25) is 0 Å². The highest BCUT2D eigenvalue weighted by atomic mass is 16.5. The van der Waals surface area contributed by atoms with Crippen LogP contribution in [0, 0.1) is 13.8 Å². The Morgan fingerprint density at radius 1 is 1.39 bits per heavy atom. The predicted molar refractivity (Wildman–Crippen MR) is 64.4 cm³/mol. The molecule has 0 radical (unpaired) electrons. The van der Waals surface area contributed by atoms with Crippen molar-refractivity contribution in [3.05, 3.63) is 45.4 Å². The van der Waals surface area contributed by atoms with E-state index in [0.717, 1.165) is 11.1 Å². The standard InChI is InChI=1S/C12H13N3O3/c1-7-5-4-6-9(8(7)2)13-11(16)10-12(17)18-14-15(10)3/h4-6H,1-3H3,(H-,13,14,16,17)/p+1. The number of hydrogen-bond acceptors (Lipinski definition) is 3. The number of nitrogens with one attached hydrogen (secondary N) is 2. The molecule has 18 heavy (non-hydrogen) atoms. The number of aryl methyl sites for hydroxylation is 2. The molecule has 0 aliphatic heterocycles. The summed E-state index contributed by atoms with van der Waals surface area (Å²) in [5.74, 6) is -0.499. The highest BCUT2D eigenvalue weighted by Gasteiger charge is 2.26. The Bertz CT molecular complexity index is 655. The van der Waals surface area contributed by atoms with E-state index in [0.29, 0.717) is 5.69 Å². The third kappa shape index (κ3) is 2.04. The van der Waals surface area contributed by atoms with Crippen LogP contribution in [0.3, 0.4) is 0 Å². The molecule has 0 bridgehead atoms. The fourth-order valence-corrected chi connectivity index (χ4v) is 1.65. The quantitative estimate of drug-likeness (QED) is 0.766. The minimum atomic E-state index is -0.694. The van der Waals surface area contributed by atoms with E-state index in [2.05, 4.69) is 15.1 Å². The third-order valence-electron chi connectivity index (χ3n) is 2.87. The van der Waals surface area contributed by atoms with Gasteiger partial charge in [0.25, 0.3) is 0 Å². The second-order valence-electron chi connectivity index (χ2n) is 4.09. The lowest BCUT2D eigenvalue weighted by Gasteiger charge is -2.07. The van der Waals surface area contributed by atoms with Crippen LogP contribution in [0.5, 0.6) is 0 Å². The zero-order valence-electron chi connectivity index (χ0n) is 10.4. The molecule has 0 fully saturated rings. The van der Waals surface area contributed by atoms with Crippen LogP contribution in [-0.2, 0) is 7.05 Å². The highest BCUT2D eigenvalue weighted by molar-refractivity contribution is 6.01. The number of H-pyrrole nitrogens is 1. The van der Waals surface area contributed by atoms with E-state index in [-0.39, 0.29) is 5.69 Å². The first kappa shape index (κ1) is 12.1. The second kappa shape index (κ2) is 4.48. The van der Waals surface area contributed by atoms with E-state index in [9.17, 15) is 9.59 Å². The number of hydrogen-bond donors (Lipinski definition) is 2. The van der Waals surface area contributed by atoms with E-state index < -0.39 is 11.5 Å².